The Morgan fingerprint density at radius 1 is 1.48 bits per heavy atom. The molecular weight excluding hydrogens is 356 g/mol. The number of nitrogens with two attached hydrogens (primary N) is 1. The third-order valence-electron chi connectivity index (χ3n) is 3.88. The predicted molar refractivity (Wildman–Crippen MR) is 84.6 cm³/mol. The van der Waals surface area contributed by atoms with Crippen molar-refractivity contribution in [1.82, 2.24) is 4.90 Å². The highest BCUT2D eigenvalue weighted by molar-refractivity contribution is 9.10. The molecule has 116 valence electrons. The second kappa shape index (κ2) is 6.06. The van der Waals surface area contributed by atoms with Crippen molar-refractivity contribution in [3.05, 3.63) is 27.7 Å². The van der Waals surface area contributed by atoms with E-state index in [1.54, 1.807) is 13.0 Å². The number of aryl methyl sites for hydroxylation is 1. The Labute approximate surface area is 133 Å². The van der Waals surface area contributed by atoms with Crippen molar-refractivity contribution in [2.45, 2.75) is 44.0 Å². The number of hydrogen-bond acceptors (Lipinski definition) is 3. The molecule has 1 fully saturated rings. The number of hydrogen-bond donors (Lipinski definition) is 1. The van der Waals surface area contributed by atoms with E-state index in [9.17, 15) is 13.2 Å². The summed E-state index contributed by atoms with van der Waals surface area (Å²) in [6.45, 7) is 4.52. The molecule has 21 heavy (non-hydrogen) atoms. The number of primary sulfonamides is 1. The number of carbonyl (C=O) groups is 1. The zero-order valence-electron chi connectivity index (χ0n) is 12.1. The molecule has 0 aliphatic carbocycles. The summed E-state index contributed by atoms with van der Waals surface area (Å²) >= 11 is 3.22. The van der Waals surface area contributed by atoms with Crippen LogP contribution in [0.4, 0.5) is 0 Å². The van der Waals surface area contributed by atoms with Gasteiger partial charge in [-0.15, -0.1) is 0 Å². The van der Waals surface area contributed by atoms with Crippen LogP contribution in [0.2, 0.25) is 0 Å². The van der Waals surface area contributed by atoms with Gasteiger partial charge in [-0.25, -0.2) is 13.6 Å². The molecule has 1 unspecified atom stereocenters. The normalized spacial score (nSPS) is 19.0. The van der Waals surface area contributed by atoms with Crippen molar-refractivity contribution in [1.29, 1.82) is 0 Å². The molecule has 1 heterocycles. The molecular formula is C14H19BrN2O3S. The van der Waals surface area contributed by atoms with E-state index in [0.717, 1.165) is 25.8 Å². The lowest BCUT2D eigenvalue weighted by Gasteiger charge is -2.24. The fourth-order valence-electron chi connectivity index (χ4n) is 2.76. The number of halogens is 1. The van der Waals surface area contributed by atoms with Crippen molar-refractivity contribution in [3.63, 3.8) is 0 Å². The molecule has 1 aliphatic heterocycles. The Kier molecular flexibility index (Phi) is 4.75. The first-order valence-corrected chi connectivity index (χ1v) is 9.23. The summed E-state index contributed by atoms with van der Waals surface area (Å²) in [6, 6.07) is 3.30. The summed E-state index contributed by atoms with van der Waals surface area (Å²) in [4.78, 5) is 14.4. The van der Waals surface area contributed by atoms with E-state index in [-0.39, 0.29) is 16.8 Å². The molecule has 5 nitrogen and oxygen atoms in total. The summed E-state index contributed by atoms with van der Waals surface area (Å²) in [5.41, 5.74) is 1.05. The average molecular weight is 375 g/mol. The zero-order valence-corrected chi connectivity index (χ0v) is 14.5. The Bertz CT molecular complexity index is 673. The number of rotatable bonds is 3. The van der Waals surface area contributed by atoms with E-state index in [2.05, 4.69) is 22.9 Å². The number of sulfonamides is 1. The maximum atomic E-state index is 12.6. The second-order valence-corrected chi connectivity index (χ2v) is 7.68. The minimum Gasteiger partial charge on any atom is -0.336 e. The van der Waals surface area contributed by atoms with Crippen molar-refractivity contribution in [2.75, 3.05) is 6.54 Å². The van der Waals surface area contributed by atoms with E-state index in [0.29, 0.717) is 15.6 Å². The summed E-state index contributed by atoms with van der Waals surface area (Å²) in [5.74, 6) is -0.125. The van der Waals surface area contributed by atoms with Gasteiger partial charge in [0.15, 0.2) is 0 Å². The standard InChI is InChI=1S/C14H19BrN2O3S/c1-3-11-5-4-6-17(11)14(18)10-7-9(2)13(15)12(8-10)21(16,19)20/h7-8,11H,3-6H2,1-2H3,(H2,16,19,20). The quantitative estimate of drug-likeness (QED) is 0.881. The van der Waals surface area contributed by atoms with Crippen LogP contribution >= 0.6 is 15.9 Å². The first kappa shape index (κ1) is 16.5. The number of benzene rings is 1. The lowest BCUT2D eigenvalue weighted by atomic mass is 10.1. The van der Waals surface area contributed by atoms with Gasteiger partial charge in [-0.05, 0) is 59.8 Å². The molecule has 0 radical (unpaired) electrons. The van der Waals surface area contributed by atoms with Gasteiger partial charge in [-0.1, -0.05) is 6.92 Å². The van der Waals surface area contributed by atoms with Crippen molar-refractivity contribution < 1.29 is 13.2 Å². The van der Waals surface area contributed by atoms with Gasteiger partial charge >= 0.3 is 0 Å². The van der Waals surface area contributed by atoms with E-state index < -0.39 is 10.0 Å². The molecule has 0 bridgehead atoms. The average Bonchev–Trinajstić information content (AvgIpc) is 2.87. The third kappa shape index (κ3) is 3.30. The van der Waals surface area contributed by atoms with Gasteiger partial charge in [0.05, 0.1) is 4.90 Å². The molecule has 2 rings (SSSR count). The molecule has 1 saturated heterocycles. The van der Waals surface area contributed by atoms with E-state index in [1.807, 2.05) is 4.90 Å². The predicted octanol–water partition coefficient (Wildman–Crippen LogP) is 2.42. The summed E-state index contributed by atoms with van der Waals surface area (Å²) in [7, 11) is -3.87. The third-order valence-corrected chi connectivity index (χ3v) is 6.13. The van der Waals surface area contributed by atoms with Gasteiger partial charge in [0.1, 0.15) is 0 Å². The molecule has 1 amide bonds. The van der Waals surface area contributed by atoms with Crippen LogP contribution in [0.25, 0.3) is 0 Å². The van der Waals surface area contributed by atoms with E-state index >= 15 is 0 Å². The molecule has 0 saturated carbocycles. The van der Waals surface area contributed by atoms with Gasteiger partial charge in [-0.3, -0.25) is 4.79 Å². The van der Waals surface area contributed by atoms with Crippen molar-refractivity contribution in [3.8, 4) is 0 Å². The van der Waals surface area contributed by atoms with Crippen LogP contribution in [0.3, 0.4) is 0 Å². The molecule has 1 aromatic rings. The minimum absolute atomic E-state index is 0.0434. The summed E-state index contributed by atoms with van der Waals surface area (Å²) < 4.78 is 23.7. The number of carbonyl (C=O) groups excluding carboxylic acids is 1. The molecule has 0 aromatic heterocycles. The highest BCUT2D eigenvalue weighted by Gasteiger charge is 2.29. The first-order valence-electron chi connectivity index (χ1n) is 6.89. The van der Waals surface area contributed by atoms with Crippen LogP contribution in [0.5, 0.6) is 0 Å². The number of amides is 1. The van der Waals surface area contributed by atoms with Gasteiger partial charge < -0.3 is 4.90 Å². The van der Waals surface area contributed by atoms with Gasteiger partial charge in [0.2, 0.25) is 10.0 Å². The van der Waals surface area contributed by atoms with Crippen LogP contribution in [0.1, 0.15) is 42.1 Å². The Balaban J connectivity index is 2.45. The first-order chi connectivity index (χ1) is 9.75. The number of nitrogens with zero attached hydrogens (tertiary/aromatic N) is 1. The lowest BCUT2D eigenvalue weighted by Crippen LogP contribution is -2.35. The topological polar surface area (TPSA) is 80.5 Å². The van der Waals surface area contributed by atoms with E-state index in [1.165, 1.54) is 6.07 Å². The van der Waals surface area contributed by atoms with Crippen LogP contribution < -0.4 is 5.14 Å². The molecule has 2 N–H and O–H groups in total. The van der Waals surface area contributed by atoms with Crippen molar-refractivity contribution in [2.24, 2.45) is 5.14 Å². The van der Waals surface area contributed by atoms with Crippen LogP contribution in [0.15, 0.2) is 21.5 Å². The summed E-state index contributed by atoms with van der Waals surface area (Å²) in [6.07, 6.45) is 2.89. The van der Waals surface area contributed by atoms with Crippen LogP contribution in [-0.4, -0.2) is 31.8 Å². The second-order valence-electron chi connectivity index (χ2n) is 5.35. The minimum atomic E-state index is -3.87. The highest BCUT2D eigenvalue weighted by atomic mass is 79.9. The zero-order chi connectivity index (χ0) is 15.8. The van der Waals surface area contributed by atoms with Gasteiger partial charge in [-0.2, -0.15) is 0 Å². The lowest BCUT2D eigenvalue weighted by molar-refractivity contribution is 0.0733. The Morgan fingerprint density at radius 3 is 2.71 bits per heavy atom. The molecule has 0 spiro atoms. The maximum absolute atomic E-state index is 12.6. The Morgan fingerprint density at radius 2 is 2.14 bits per heavy atom. The molecule has 1 aliphatic rings. The SMILES string of the molecule is CCC1CCCN1C(=O)c1cc(C)c(Br)c(S(N)(=O)=O)c1. The van der Waals surface area contributed by atoms with E-state index in [4.69, 9.17) is 5.14 Å². The van der Waals surface area contributed by atoms with Crippen LogP contribution in [-0.2, 0) is 10.0 Å². The van der Waals surface area contributed by atoms with Gasteiger partial charge in [0, 0.05) is 22.6 Å². The summed E-state index contributed by atoms with van der Waals surface area (Å²) in [5, 5.41) is 5.22. The monoisotopic (exact) mass is 374 g/mol. The maximum Gasteiger partial charge on any atom is 0.254 e. The molecule has 7 heteroatoms. The number of likely N-dealkylation sites (tertiary alicyclic amines) is 1. The Hall–Kier alpha value is -0.920. The fraction of sp³-hybridized carbons (Fsp3) is 0.500. The largest absolute Gasteiger partial charge is 0.336 e. The smallest absolute Gasteiger partial charge is 0.254 e. The molecule has 1 aromatic carbocycles. The highest BCUT2D eigenvalue weighted by Crippen LogP contribution is 2.29. The fourth-order valence-corrected chi connectivity index (χ4v) is 4.37. The van der Waals surface area contributed by atoms with Crippen LogP contribution in [0, 0.1) is 6.92 Å². The molecule has 1 atom stereocenters. The van der Waals surface area contributed by atoms with Gasteiger partial charge in [0.25, 0.3) is 5.91 Å². The van der Waals surface area contributed by atoms with Crippen molar-refractivity contribution >= 4 is 31.9 Å².